The highest BCUT2D eigenvalue weighted by molar-refractivity contribution is 5.84. The molecular weight excluding hydrogens is 266 g/mol. The fourth-order valence-electron chi connectivity index (χ4n) is 1.85. The number of benzene rings is 1. The second kappa shape index (κ2) is 6.65. The number of hydrogen-bond donors (Lipinski definition) is 1. The maximum atomic E-state index is 11.7. The van der Waals surface area contributed by atoms with Crippen LogP contribution in [0.5, 0.6) is 0 Å². The lowest BCUT2D eigenvalue weighted by molar-refractivity contribution is -0.121. The van der Waals surface area contributed by atoms with Crippen LogP contribution in [0.1, 0.15) is 16.7 Å². The topological polar surface area (TPSA) is 63.5 Å². The molecule has 1 aromatic heterocycles. The van der Waals surface area contributed by atoms with Crippen molar-refractivity contribution in [1.82, 2.24) is 9.99 Å². The molecule has 0 radical (unpaired) electrons. The van der Waals surface area contributed by atoms with Gasteiger partial charge in [-0.1, -0.05) is 29.8 Å². The van der Waals surface area contributed by atoms with E-state index in [9.17, 15) is 9.59 Å². The molecule has 1 aromatic carbocycles. The van der Waals surface area contributed by atoms with Gasteiger partial charge in [0.05, 0.1) is 6.21 Å². The normalized spacial score (nSPS) is 10.8. The van der Waals surface area contributed by atoms with Crippen molar-refractivity contribution in [3.63, 3.8) is 0 Å². The summed E-state index contributed by atoms with van der Waals surface area (Å²) >= 11 is 0. The first-order valence-electron chi connectivity index (χ1n) is 6.61. The highest BCUT2D eigenvalue weighted by Gasteiger charge is 2.02. The third-order valence-electron chi connectivity index (χ3n) is 3.04. The molecule has 2 rings (SSSR count). The van der Waals surface area contributed by atoms with Gasteiger partial charge in [-0.05, 0) is 31.0 Å². The largest absolute Gasteiger partial charge is 0.306 e. The van der Waals surface area contributed by atoms with Gasteiger partial charge in [0.25, 0.3) is 11.5 Å². The minimum absolute atomic E-state index is 0.0518. The summed E-state index contributed by atoms with van der Waals surface area (Å²) in [6, 6.07) is 10.8. The van der Waals surface area contributed by atoms with Gasteiger partial charge in [-0.25, -0.2) is 5.43 Å². The average Bonchev–Trinajstić information content (AvgIpc) is 2.45. The molecule has 21 heavy (non-hydrogen) atoms. The van der Waals surface area contributed by atoms with E-state index in [1.165, 1.54) is 10.6 Å². The molecule has 2 aromatic rings. The molecule has 0 saturated carbocycles. The van der Waals surface area contributed by atoms with Crippen molar-refractivity contribution in [3.05, 3.63) is 69.6 Å². The Kier molecular flexibility index (Phi) is 4.66. The first-order chi connectivity index (χ1) is 10.1. The molecule has 0 aliphatic carbocycles. The quantitative estimate of drug-likeness (QED) is 0.684. The Morgan fingerprint density at radius 3 is 2.86 bits per heavy atom. The van der Waals surface area contributed by atoms with Gasteiger partial charge < -0.3 is 4.57 Å². The van der Waals surface area contributed by atoms with Gasteiger partial charge >= 0.3 is 0 Å². The zero-order chi connectivity index (χ0) is 15.2. The Hall–Kier alpha value is -2.69. The highest BCUT2D eigenvalue weighted by Crippen LogP contribution is 2.07. The number of carbonyl (C=O) groups excluding carboxylic acids is 1. The second-order valence-corrected chi connectivity index (χ2v) is 4.82. The molecule has 5 nitrogen and oxygen atoms in total. The number of amides is 1. The minimum Gasteiger partial charge on any atom is -0.306 e. The number of hydrogen-bond acceptors (Lipinski definition) is 3. The monoisotopic (exact) mass is 283 g/mol. The summed E-state index contributed by atoms with van der Waals surface area (Å²) < 4.78 is 1.32. The van der Waals surface area contributed by atoms with E-state index in [4.69, 9.17) is 0 Å². The third kappa shape index (κ3) is 4.14. The lowest BCUT2D eigenvalue weighted by Gasteiger charge is -2.04. The van der Waals surface area contributed by atoms with Crippen LogP contribution in [0.3, 0.4) is 0 Å². The molecule has 0 bridgehead atoms. The van der Waals surface area contributed by atoms with Crippen LogP contribution in [0.25, 0.3) is 0 Å². The van der Waals surface area contributed by atoms with Crippen molar-refractivity contribution in [2.45, 2.75) is 20.4 Å². The van der Waals surface area contributed by atoms with E-state index < -0.39 is 0 Å². The van der Waals surface area contributed by atoms with Gasteiger partial charge in [-0.15, -0.1) is 0 Å². The summed E-state index contributed by atoms with van der Waals surface area (Å²) in [6.07, 6.45) is 3.17. The Labute approximate surface area is 122 Å². The molecule has 0 aliphatic rings. The van der Waals surface area contributed by atoms with Gasteiger partial charge in [-0.2, -0.15) is 5.10 Å². The fraction of sp³-hybridized carbons (Fsp3) is 0.188. The molecule has 0 unspecified atom stereocenters. The lowest BCUT2D eigenvalue weighted by atomic mass is 10.1. The van der Waals surface area contributed by atoms with Crippen LogP contribution in [0.4, 0.5) is 0 Å². The molecule has 0 spiro atoms. The number of hydrazone groups is 1. The first kappa shape index (κ1) is 14.7. The van der Waals surface area contributed by atoms with Crippen LogP contribution < -0.4 is 11.0 Å². The summed E-state index contributed by atoms with van der Waals surface area (Å²) in [7, 11) is 0. The summed E-state index contributed by atoms with van der Waals surface area (Å²) in [6.45, 7) is 3.92. The van der Waals surface area contributed by atoms with Crippen LogP contribution in [0.15, 0.2) is 52.5 Å². The van der Waals surface area contributed by atoms with Gasteiger partial charge in [0.1, 0.15) is 6.54 Å². The second-order valence-electron chi connectivity index (χ2n) is 4.82. The van der Waals surface area contributed by atoms with Crippen molar-refractivity contribution in [2.24, 2.45) is 5.10 Å². The van der Waals surface area contributed by atoms with E-state index in [1.807, 2.05) is 32.0 Å². The lowest BCUT2D eigenvalue weighted by Crippen LogP contribution is -2.29. The van der Waals surface area contributed by atoms with Gasteiger partial charge in [0.15, 0.2) is 0 Å². The Morgan fingerprint density at radius 1 is 1.29 bits per heavy atom. The van der Waals surface area contributed by atoms with Gasteiger partial charge in [-0.3, -0.25) is 9.59 Å². The zero-order valence-corrected chi connectivity index (χ0v) is 12.0. The highest BCUT2D eigenvalue weighted by atomic mass is 16.2. The maximum absolute atomic E-state index is 11.7. The molecule has 0 atom stereocenters. The Balaban J connectivity index is 1.98. The summed E-state index contributed by atoms with van der Waals surface area (Å²) in [5, 5.41) is 3.93. The van der Waals surface area contributed by atoms with Crippen LogP contribution in [0, 0.1) is 13.8 Å². The SMILES string of the molecule is Cc1ccc(C)c(/C=N\NC(=O)Cn2ccccc2=O)c1. The fourth-order valence-corrected chi connectivity index (χ4v) is 1.85. The molecule has 0 saturated heterocycles. The Morgan fingerprint density at radius 2 is 2.10 bits per heavy atom. The summed E-state index contributed by atoms with van der Waals surface area (Å²) in [5.41, 5.74) is 5.37. The molecule has 5 heteroatoms. The minimum atomic E-state index is -0.343. The van der Waals surface area contributed by atoms with E-state index in [2.05, 4.69) is 10.5 Å². The number of rotatable bonds is 4. The van der Waals surface area contributed by atoms with Crippen LogP contribution >= 0.6 is 0 Å². The summed E-state index contributed by atoms with van der Waals surface area (Å²) in [5.74, 6) is -0.343. The number of carbonyl (C=O) groups is 1. The average molecular weight is 283 g/mol. The number of nitrogens with zero attached hydrogens (tertiary/aromatic N) is 2. The van der Waals surface area contributed by atoms with E-state index in [0.717, 1.165) is 16.7 Å². The van der Waals surface area contributed by atoms with E-state index in [-0.39, 0.29) is 18.0 Å². The van der Waals surface area contributed by atoms with E-state index >= 15 is 0 Å². The number of aryl methyl sites for hydroxylation is 2. The van der Waals surface area contributed by atoms with Gasteiger partial charge in [0.2, 0.25) is 0 Å². The predicted molar refractivity (Wildman–Crippen MR) is 82.4 cm³/mol. The Bertz CT molecular complexity index is 732. The van der Waals surface area contributed by atoms with E-state index in [1.54, 1.807) is 24.5 Å². The first-order valence-corrected chi connectivity index (χ1v) is 6.61. The van der Waals surface area contributed by atoms with Crippen LogP contribution in [-0.2, 0) is 11.3 Å². The molecular formula is C16H17N3O2. The maximum Gasteiger partial charge on any atom is 0.260 e. The van der Waals surface area contributed by atoms with Crippen LogP contribution in [0.2, 0.25) is 0 Å². The number of pyridine rings is 1. The van der Waals surface area contributed by atoms with Gasteiger partial charge in [0, 0.05) is 12.3 Å². The van der Waals surface area contributed by atoms with Crippen LogP contribution in [-0.4, -0.2) is 16.7 Å². The zero-order valence-electron chi connectivity index (χ0n) is 12.0. The van der Waals surface area contributed by atoms with Crippen molar-refractivity contribution in [3.8, 4) is 0 Å². The van der Waals surface area contributed by atoms with Crippen molar-refractivity contribution in [1.29, 1.82) is 0 Å². The van der Waals surface area contributed by atoms with Crippen molar-refractivity contribution < 1.29 is 4.79 Å². The van der Waals surface area contributed by atoms with Crippen molar-refractivity contribution in [2.75, 3.05) is 0 Å². The number of aromatic nitrogens is 1. The predicted octanol–water partition coefficient (Wildman–Crippen LogP) is 1.62. The molecule has 0 fully saturated rings. The van der Waals surface area contributed by atoms with E-state index in [0.29, 0.717) is 0 Å². The molecule has 1 amide bonds. The molecule has 0 aliphatic heterocycles. The third-order valence-corrected chi connectivity index (χ3v) is 3.04. The summed E-state index contributed by atoms with van der Waals surface area (Å²) in [4.78, 5) is 23.2. The van der Waals surface area contributed by atoms with Crippen molar-refractivity contribution >= 4 is 12.1 Å². The molecule has 1 heterocycles. The number of nitrogens with one attached hydrogen (secondary N) is 1. The standard InChI is InChI=1S/C16H17N3O2/c1-12-6-7-13(2)14(9-12)10-17-18-15(20)11-19-8-4-3-5-16(19)21/h3-10H,11H2,1-2H3,(H,18,20)/b17-10-. The molecule has 1 N–H and O–H groups in total. The smallest absolute Gasteiger partial charge is 0.260 e. The molecule has 108 valence electrons.